The number of carbonyl (C=O) groups excluding carboxylic acids is 1. The Morgan fingerprint density at radius 3 is 2.48 bits per heavy atom. The molecule has 2 aromatic carbocycles. The van der Waals surface area contributed by atoms with Crippen molar-refractivity contribution in [1.29, 1.82) is 0 Å². The molecular weight excluding hydrogens is 317 g/mol. The topological polar surface area (TPSA) is 54.5 Å². The molecule has 2 aromatic rings. The molecule has 23 heavy (non-hydrogen) atoms. The molecule has 0 aliphatic carbocycles. The number of anilines is 1. The third-order valence-electron chi connectivity index (χ3n) is 4.11. The number of para-hydroxylation sites is 1. The molecule has 0 fully saturated rings. The van der Waals surface area contributed by atoms with E-state index in [2.05, 4.69) is 0 Å². The lowest BCUT2D eigenvalue weighted by atomic mass is 10.2. The van der Waals surface area contributed by atoms with E-state index in [0.717, 1.165) is 23.4 Å². The van der Waals surface area contributed by atoms with Gasteiger partial charge in [0.1, 0.15) is 11.1 Å². The Labute approximate surface area is 134 Å². The number of fused-ring (bicyclic) bond motifs is 1. The van der Waals surface area contributed by atoms with E-state index >= 15 is 0 Å². The first-order valence-electron chi connectivity index (χ1n) is 7.30. The standard InChI is InChI=1S/C17H16FNO3S/c1-12(23(21,22)15-8-6-14(18)7-9-15)17(20)19-11-10-13-4-2-3-5-16(13)19/h2-9,12H,10-11H2,1H3. The molecule has 0 saturated carbocycles. The maximum atomic E-state index is 13.0. The van der Waals surface area contributed by atoms with Crippen molar-refractivity contribution >= 4 is 21.4 Å². The monoisotopic (exact) mass is 333 g/mol. The highest BCUT2D eigenvalue weighted by Crippen LogP contribution is 2.29. The Balaban J connectivity index is 1.90. The van der Waals surface area contributed by atoms with E-state index < -0.39 is 26.8 Å². The van der Waals surface area contributed by atoms with E-state index in [0.29, 0.717) is 13.0 Å². The summed E-state index contributed by atoms with van der Waals surface area (Å²) in [6.45, 7) is 1.85. The Morgan fingerprint density at radius 2 is 1.78 bits per heavy atom. The van der Waals surface area contributed by atoms with Gasteiger partial charge in [0.25, 0.3) is 0 Å². The molecule has 120 valence electrons. The second-order valence-corrected chi connectivity index (χ2v) is 7.78. The van der Waals surface area contributed by atoms with Crippen molar-refractivity contribution in [3.8, 4) is 0 Å². The number of benzene rings is 2. The highest BCUT2D eigenvalue weighted by Gasteiger charge is 2.35. The minimum Gasteiger partial charge on any atom is -0.311 e. The fraction of sp³-hybridized carbons (Fsp3) is 0.235. The molecule has 0 radical (unpaired) electrons. The van der Waals surface area contributed by atoms with Crippen LogP contribution in [-0.4, -0.2) is 26.1 Å². The number of amides is 1. The van der Waals surface area contributed by atoms with Crippen LogP contribution in [0.2, 0.25) is 0 Å². The maximum absolute atomic E-state index is 13.0. The van der Waals surface area contributed by atoms with Gasteiger partial charge in [-0.15, -0.1) is 0 Å². The van der Waals surface area contributed by atoms with Crippen LogP contribution in [0.5, 0.6) is 0 Å². The number of nitrogens with zero attached hydrogens (tertiary/aromatic N) is 1. The van der Waals surface area contributed by atoms with Gasteiger partial charge >= 0.3 is 0 Å². The summed E-state index contributed by atoms with van der Waals surface area (Å²) < 4.78 is 38.1. The lowest BCUT2D eigenvalue weighted by molar-refractivity contribution is -0.117. The van der Waals surface area contributed by atoms with Crippen molar-refractivity contribution in [2.24, 2.45) is 0 Å². The largest absolute Gasteiger partial charge is 0.311 e. The minimum atomic E-state index is -3.85. The quantitative estimate of drug-likeness (QED) is 0.811. The highest BCUT2D eigenvalue weighted by molar-refractivity contribution is 7.92. The summed E-state index contributed by atoms with van der Waals surface area (Å²) >= 11 is 0. The molecule has 1 aliphatic rings. The third kappa shape index (κ3) is 2.74. The summed E-state index contributed by atoms with van der Waals surface area (Å²) in [5.74, 6) is -0.976. The molecule has 0 aromatic heterocycles. The Hall–Kier alpha value is -2.21. The van der Waals surface area contributed by atoms with E-state index in [1.807, 2.05) is 24.3 Å². The van der Waals surface area contributed by atoms with Gasteiger partial charge in [-0.2, -0.15) is 0 Å². The summed E-state index contributed by atoms with van der Waals surface area (Å²) in [6, 6.07) is 12.0. The first-order valence-corrected chi connectivity index (χ1v) is 8.84. The van der Waals surface area contributed by atoms with E-state index in [-0.39, 0.29) is 4.90 Å². The smallest absolute Gasteiger partial charge is 0.245 e. The van der Waals surface area contributed by atoms with Crippen LogP contribution in [0.15, 0.2) is 53.4 Å². The first kappa shape index (κ1) is 15.7. The number of carbonyl (C=O) groups is 1. The van der Waals surface area contributed by atoms with Gasteiger partial charge < -0.3 is 4.90 Å². The van der Waals surface area contributed by atoms with Crippen LogP contribution in [-0.2, 0) is 21.1 Å². The SMILES string of the molecule is CC(C(=O)N1CCc2ccccc21)S(=O)(=O)c1ccc(F)cc1. The van der Waals surface area contributed by atoms with Crippen molar-refractivity contribution in [3.05, 3.63) is 59.9 Å². The molecule has 3 rings (SSSR count). The van der Waals surface area contributed by atoms with Crippen LogP contribution >= 0.6 is 0 Å². The van der Waals surface area contributed by atoms with Gasteiger partial charge in [-0.1, -0.05) is 18.2 Å². The van der Waals surface area contributed by atoms with Crippen molar-refractivity contribution in [2.75, 3.05) is 11.4 Å². The average Bonchev–Trinajstić information content (AvgIpc) is 2.98. The summed E-state index contributed by atoms with van der Waals surface area (Å²) in [5.41, 5.74) is 1.80. The van der Waals surface area contributed by atoms with Crippen LogP contribution in [0.1, 0.15) is 12.5 Å². The highest BCUT2D eigenvalue weighted by atomic mass is 32.2. The summed E-state index contributed by atoms with van der Waals surface area (Å²) in [5, 5.41) is -1.22. The number of hydrogen-bond acceptors (Lipinski definition) is 3. The van der Waals surface area contributed by atoms with Crippen LogP contribution in [0.4, 0.5) is 10.1 Å². The molecule has 1 heterocycles. The van der Waals surface area contributed by atoms with E-state index in [1.165, 1.54) is 24.0 Å². The lowest BCUT2D eigenvalue weighted by Gasteiger charge is -2.21. The van der Waals surface area contributed by atoms with E-state index in [4.69, 9.17) is 0 Å². The van der Waals surface area contributed by atoms with Crippen LogP contribution in [0.3, 0.4) is 0 Å². The predicted molar refractivity (Wildman–Crippen MR) is 85.5 cm³/mol. The van der Waals surface area contributed by atoms with Crippen molar-refractivity contribution in [2.45, 2.75) is 23.5 Å². The van der Waals surface area contributed by atoms with Gasteiger partial charge in [0, 0.05) is 12.2 Å². The number of halogens is 1. The number of sulfone groups is 1. The minimum absolute atomic E-state index is 0.0489. The van der Waals surface area contributed by atoms with Gasteiger partial charge in [-0.25, -0.2) is 12.8 Å². The summed E-state index contributed by atoms with van der Waals surface area (Å²) in [6.07, 6.45) is 0.714. The second-order valence-electron chi connectivity index (χ2n) is 5.51. The zero-order valence-corrected chi connectivity index (χ0v) is 13.4. The van der Waals surface area contributed by atoms with Gasteiger partial charge in [0.05, 0.1) is 4.90 Å². The van der Waals surface area contributed by atoms with Crippen molar-refractivity contribution < 1.29 is 17.6 Å². The summed E-state index contributed by atoms with van der Waals surface area (Å²) in [7, 11) is -3.85. The predicted octanol–water partition coefficient (Wildman–Crippen LogP) is 2.58. The van der Waals surface area contributed by atoms with Crippen LogP contribution < -0.4 is 4.90 Å². The van der Waals surface area contributed by atoms with E-state index in [1.54, 1.807) is 0 Å². The molecule has 0 N–H and O–H groups in total. The Kier molecular flexibility index (Phi) is 3.93. The molecule has 0 spiro atoms. The third-order valence-corrected chi connectivity index (χ3v) is 6.17. The fourth-order valence-electron chi connectivity index (χ4n) is 2.75. The van der Waals surface area contributed by atoms with Gasteiger partial charge in [0.2, 0.25) is 5.91 Å². The zero-order valence-electron chi connectivity index (χ0n) is 12.6. The molecule has 4 nitrogen and oxygen atoms in total. The van der Waals surface area contributed by atoms with Crippen LogP contribution in [0.25, 0.3) is 0 Å². The molecule has 6 heteroatoms. The molecular formula is C17H16FNO3S. The average molecular weight is 333 g/mol. The lowest BCUT2D eigenvalue weighted by Crippen LogP contribution is -2.40. The molecule has 0 saturated heterocycles. The molecule has 1 unspecified atom stereocenters. The molecule has 1 amide bonds. The zero-order chi connectivity index (χ0) is 16.6. The summed E-state index contributed by atoms with van der Waals surface area (Å²) in [4.78, 5) is 14.1. The van der Waals surface area contributed by atoms with Gasteiger partial charge in [-0.05, 0) is 49.2 Å². The van der Waals surface area contributed by atoms with Gasteiger partial charge in [0.15, 0.2) is 9.84 Å². The fourth-order valence-corrected chi connectivity index (χ4v) is 4.06. The first-order chi connectivity index (χ1) is 10.9. The Morgan fingerprint density at radius 1 is 1.13 bits per heavy atom. The Bertz CT molecular complexity index is 846. The van der Waals surface area contributed by atoms with Crippen molar-refractivity contribution in [3.63, 3.8) is 0 Å². The van der Waals surface area contributed by atoms with E-state index in [9.17, 15) is 17.6 Å². The molecule has 1 atom stereocenters. The van der Waals surface area contributed by atoms with Crippen molar-refractivity contribution in [1.82, 2.24) is 0 Å². The molecule has 0 bridgehead atoms. The normalized spacial score (nSPS) is 15.3. The molecule has 1 aliphatic heterocycles. The second kappa shape index (κ2) is 5.77. The number of hydrogen-bond donors (Lipinski definition) is 0. The van der Waals surface area contributed by atoms with Crippen LogP contribution in [0, 0.1) is 5.82 Å². The maximum Gasteiger partial charge on any atom is 0.245 e. The van der Waals surface area contributed by atoms with Gasteiger partial charge in [-0.3, -0.25) is 4.79 Å². The number of rotatable bonds is 3.